The zero-order valence-electron chi connectivity index (χ0n) is 15.7. The van der Waals surface area contributed by atoms with E-state index in [-0.39, 0.29) is 12.6 Å². The number of rotatable bonds is 7. The number of anilines is 1. The first-order chi connectivity index (χ1) is 14.6. The lowest BCUT2D eigenvalue weighted by Crippen LogP contribution is -2.19. The van der Waals surface area contributed by atoms with E-state index in [9.17, 15) is 4.79 Å². The van der Waals surface area contributed by atoms with Crippen LogP contribution < -0.4 is 10.1 Å². The molecule has 2 aromatic carbocycles. The fraction of sp³-hybridized carbons (Fsp3) is 0.0952. The maximum Gasteiger partial charge on any atom is 0.274 e. The molecule has 0 radical (unpaired) electrons. The van der Waals surface area contributed by atoms with Crippen molar-refractivity contribution in [2.24, 2.45) is 0 Å². The van der Waals surface area contributed by atoms with Gasteiger partial charge < -0.3 is 10.1 Å². The molecule has 0 saturated carbocycles. The maximum atomic E-state index is 12.7. The number of nitrogens with one attached hydrogen (secondary N) is 1. The van der Waals surface area contributed by atoms with Crippen molar-refractivity contribution in [3.05, 3.63) is 94.5 Å². The molecular weight excluding hydrogens is 425 g/mol. The lowest BCUT2D eigenvalue weighted by atomic mass is 10.2. The summed E-state index contributed by atoms with van der Waals surface area (Å²) in [6, 6.07) is 16.1. The Morgan fingerprint density at radius 3 is 2.63 bits per heavy atom. The van der Waals surface area contributed by atoms with Crippen molar-refractivity contribution in [2.75, 3.05) is 5.32 Å². The number of hydrogen-bond donors (Lipinski definition) is 1. The van der Waals surface area contributed by atoms with Gasteiger partial charge in [0.2, 0.25) is 0 Å². The molecule has 0 atom stereocenters. The van der Waals surface area contributed by atoms with Gasteiger partial charge in [-0.1, -0.05) is 41.4 Å². The van der Waals surface area contributed by atoms with E-state index in [1.165, 1.54) is 4.68 Å². The first kappa shape index (κ1) is 20.0. The molecular formula is C21H17Cl2N5O2. The van der Waals surface area contributed by atoms with Crippen molar-refractivity contribution < 1.29 is 9.53 Å². The molecule has 2 aromatic heterocycles. The predicted octanol–water partition coefficient (Wildman–Crippen LogP) is 4.72. The van der Waals surface area contributed by atoms with Gasteiger partial charge in [0.1, 0.15) is 11.4 Å². The fourth-order valence-corrected chi connectivity index (χ4v) is 3.13. The Labute approximate surface area is 182 Å². The van der Waals surface area contributed by atoms with Gasteiger partial charge in [-0.2, -0.15) is 10.2 Å². The van der Waals surface area contributed by atoms with Crippen LogP contribution in [-0.4, -0.2) is 25.5 Å². The number of aromatic nitrogens is 4. The third-order valence-corrected chi connectivity index (χ3v) is 4.92. The van der Waals surface area contributed by atoms with Crippen molar-refractivity contribution in [1.82, 2.24) is 19.6 Å². The molecule has 1 N–H and O–H groups in total. The summed E-state index contributed by atoms with van der Waals surface area (Å²) in [6.45, 7) is 0.589. The molecule has 4 rings (SSSR count). The number of carbonyl (C=O) groups excluding carboxylic acids is 1. The van der Waals surface area contributed by atoms with E-state index in [1.54, 1.807) is 53.6 Å². The molecule has 0 spiro atoms. The number of halogens is 2. The van der Waals surface area contributed by atoms with Gasteiger partial charge in [-0.25, -0.2) is 4.68 Å². The highest BCUT2D eigenvalue weighted by atomic mass is 35.5. The molecule has 0 aliphatic carbocycles. The summed E-state index contributed by atoms with van der Waals surface area (Å²) < 4.78 is 8.84. The summed E-state index contributed by atoms with van der Waals surface area (Å²) in [7, 11) is 0. The summed E-state index contributed by atoms with van der Waals surface area (Å²) in [6.07, 6.45) is 4.87. The monoisotopic (exact) mass is 441 g/mol. The van der Waals surface area contributed by atoms with Crippen LogP contribution in [0.2, 0.25) is 10.0 Å². The summed E-state index contributed by atoms with van der Waals surface area (Å²) in [4.78, 5) is 12.7. The van der Waals surface area contributed by atoms with Crippen molar-refractivity contribution in [3.8, 4) is 5.75 Å². The molecule has 2 heterocycles. The minimum atomic E-state index is -0.315. The van der Waals surface area contributed by atoms with Crippen molar-refractivity contribution >= 4 is 34.8 Å². The molecule has 0 fully saturated rings. The van der Waals surface area contributed by atoms with Crippen LogP contribution in [0.15, 0.2) is 73.2 Å². The molecule has 152 valence electrons. The standard InChI is InChI=1S/C21H17Cl2N5O2/c22-16-5-7-18(8-6-16)30-14-28-20(9-10-24-28)21(29)26-17-11-25-27(13-17)12-15-3-1-2-4-19(15)23/h1-11,13H,12,14H2,(H,26,29). The van der Waals surface area contributed by atoms with E-state index < -0.39 is 0 Å². The van der Waals surface area contributed by atoms with Crippen LogP contribution >= 0.6 is 23.2 Å². The van der Waals surface area contributed by atoms with Crippen LogP contribution in [0.3, 0.4) is 0 Å². The molecule has 7 nitrogen and oxygen atoms in total. The summed E-state index contributed by atoms with van der Waals surface area (Å²) in [5.41, 5.74) is 1.87. The Bertz CT molecular complexity index is 1150. The molecule has 4 aromatic rings. The van der Waals surface area contributed by atoms with Gasteiger partial charge >= 0.3 is 0 Å². The zero-order valence-corrected chi connectivity index (χ0v) is 17.2. The number of carbonyl (C=O) groups is 1. The third kappa shape index (κ3) is 4.82. The van der Waals surface area contributed by atoms with Gasteiger partial charge in [0.05, 0.1) is 18.4 Å². The lowest BCUT2D eigenvalue weighted by molar-refractivity contribution is 0.100. The average Bonchev–Trinajstić information content (AvgIpc) is 3.39. The Morgan fingerprint density at radius 1 is 1.03 bits per heavy atom. The highest BCUT2D eigenvalue weighted by Gasteiger charge is 2.14. The van der Waals surface area contributed by atoms with Crippen LogP contribution in [0.1, 0.15) is 16.1 Å². The van der Waals surface area contributed by atoms with Gasteiger partial charge in [-0.15, -0.1) is 0 Å². The molecule has 0 unspecified atom stereocenters. The van der Waals surface area contributed by atoms with E-state index in [1.807, 2.05) is 24.3 Å². The number of nitrogens with zero attached hydrogens (tertiary/aromatic N) is 4. The number of benzene rings is 2. The predicted molar refractivity (Wildman–Crippen MR) is 115 cm³/mol. The van der Waals surface area contributed by atoms with Gasteiger partial charge in [0.25, 0.3) is 5.91 Å². The Morgan fingerprint density at radius 2 is 1.83 bits per heavy atom. The highest BCUT2D eigenvalue weighted by molar-refractivity contribution is 6.31. The first-order valence-corrected chi connectivity index (χ1v) is 9.81. The van der Waals surface area contributed by atoms with Crippen molar-refractivity contribution in [3.63, 3.8) is 0 Å². The normalized spacial score (nSPS) is 10.7. The smallest absolute Gasteiger partial charge is 0.274 e. The topological polar surface area (TPSA) is 74.0 Å². The molecule has 9 heteroatoms. The van der Waals surface area contributed by atoms with Gasteiger partial charge in [-0.3, -0.25) is 9.48 Å². The Balaban J connectivity index is 1.39. The molecule has 1 amide bonds. The quantitative estimate of drug-likeness (QED) is 0.450. The van der Waals surface area contributed by atoms with Crippen LogP contribution in [0.5, 0.6) is 5.75 Å². The Hall–Kier alpha value is -3.29. The molecule has 0 bridgehead atoms. The Kier molecular flexibility index (Phi) is 6.02. The van der Waals surface area contributed by atoms with E-state index >= 15 is 0 Å². The minimum absolute atomic E-state index is 0.0865. The zero-order chi connectivity index (χ0) is 20.9. The molecule has 30 heavy (non-hydrogen) atoms. The van der Waals surface area contributed by atoms with Crippen LogP contribution in [-0.2, 0) is 13.3 Å². The van der Waals surface area contributed by atoms with Gasteiger partial charge in [-0.05, 0) is 42.0 Å². The maximum absolute atomic E-state index is 12.7. The van der Waals surface area contributed by atoms with Gasteiger partial charge in [0.15, 0.2) is 6.73 Å². The van der Waals surface area contributed by atoms with E-state index in [2.05, 4.69) is 15.5 Å². The van der Waals surface area contributed by atoms with Crippen molar-refractivity contribution in [2.45, 2.75) is 13.3 Å². The van der Waals surface area contributed by atoms with E-state index in [0.29, 0.717) is 33.7 Å². The number of ether oxygens (including phenoxy) is 1. The molecule has 0 aliphatic rings. The van der Waals surface area contributed by atoms with E-state index in [0.717, 1.165) is 5.56 Å². The second kappa shape index (κ2) is 9.02. The average molecular weight is 442 g/mol. The molecule has 0 aliphatic heterocycles. The fourth-order valence-electron chi connectivity index (χ4n) is 2.81. The summed E-state index contributed by atoms with van der Waals surface area (Å²) in [5, 5.41) is 12.5. The minimum Gasteiger partial charge on any atom is -0.471 e. The van der Waals surface area contributed by atoms with Crippen LogP contribution in [0.25, 0.3) is 0 Å². The second-order valence-electron chi connectivity index (χ2n) is 6.42. The summed E-state index contributed by atoms with van der Waals surface area (Å²) in [5.74, 6) is 0.312. The third-order valence-electron chi connectivity index (χ3n) is 4.30. The second-order valence-corrected chi connectivity index (χ2v) is 7.26. The number of amides is 1. The van der Waals surface area contributed by atoms with Crippen LogP contribution in [0, 0.1) is 0 Å². The highest BCUT2D eigenvalue weighted by Crippen LogP contribution is 2.18. The number of hydrogen-bond acceptors (Lipinski definition) is 4. The van der Waals surface area contributed by atoms with E-state index in [4.69, 9.17) is 27.9 Å². The largest absolute Gasteiger partial charge is 0.471 e. The first-order valence-electron chi connectivity index (χ1n) is 9.06. The SMILES string of the molecule is O=C(Nc1cnn(Cc2ccccc2Cl)c1)c1ccnn1COc1ccc(Cl)cc1. The lowest BCUT2D eigenvalue weighted by Gasteiger charge is -2.09. The van der Waals surface area contributed by atoms with Crippen molar-refractivity contribution in [1.29, 1.82) is 0 Å². The summed E-state index contributed by atoms with van der Waals surface area (Å²) >= 11 is 12.1. The van der Waals surface area contributed by atoms with Gasteiger partial charge in [0, 0.05) is 22.4 Å². The molecule has 0 saturated heterocycles. The van der Waals surface area contributed by atoms with Crippen LogP contribution in [0.4, 0.5) is 5.69 Å².